The van der Waals surface area contributed by atoms with Gasteiger partial charge in [0.05, 0.1) is 4.90 Å². The van der Waals surface area contributed by atoms with Crippen LogP contribution in [0.1, 0.15) is 47.6 Å². The summed E-state index contributed by atoms with van der Waals surface area (Å²) in [5.74, 6) is -0.996. The monoisotopic (exact) mass is 400 g/mol. The third-order valence-electron chi connectivity index (χ3n) is 4.73. The van der Waals surface area contributed by atoms with E-state index in [1.54, 1.807) is 6.92 Å². The molecule has 0 radical (unpaired) electrons. The highest BCUT2D eigenvalue weighted by molar-refractivity contribution is 8.00. The van der Waals surface area contributed by atoms with Gasteiger partial charge in [0.2, 0.25) is 0 Å². The van der Waals surface area contributed by atoms with Gasteiger partial charge >= 0.3 is 5.51 Å². The molecule has 0 bridgehead atoms. The number of hydrogen-bond donors (Lipinski definition) is 1. The van der Waals surface area contributed by atoms with Gasteiger partial charge in [-0.05, 0) is 49.2 Å². The van der Waals surface area contributed by atoms with Crippen molar-refractivity contribution in [3.63, 3.8) is 0 Å². The average molecular weight is 400 g/mol. The van der Waals surface area contributed by atoms with E-state index >= 15 is 0 Å². The molecule has 1 fully saturated rings. The van der Waals surface area contributed by atoms with E-state index < -0.39 is 39.0 Å². The minimum absolute atomic E-state index is 0.0219. The summed E-state index contributed by atoms with van der Waals surface area (Å²) in [5, 5.41) is 0. The second-order valence-corrected chi connectivity index (χ2v) is 7.75. The topological polar surface area (TPSA) is 62.8 Å². The Morgan fingerprint density at radius 2 is 2.00 bits per heavy atom. The lowest BCUT2D eigenvalue weighted by Crippen LogP contribution is -2.37. The van der Waals surface area contributed by atoms with Crippen LogP contribution in [-0.2, 0) is 5.41 Å². The highest BCUT2D eigenvalue weighted by Crippen LogP contribution is 2.48. The summed E-state index contributed by atoms with van der Waals surface area (Å²) < 4.78 is 51.6. The lowest BCUT2D eigenvalue weighted by Gasteiger charge is -2.42. The van der Waals surface area contributed by atoms with E-state index in [0.717, 1.165) is 24.6 Å². The molecule has 0 atom stereocenters. The van der Waals surface area contributed by atoms with Crippen molar-refractivity contribution in [1.82, 2.24) is 9.97 Å². The molecule has 9 heteroatoms. The molecule has 1 aromatic carbocycles. The van der Waals surface area contributed by atoms with Gasteiger partial charge in [0.25, 0.3) is 5.56 Å². The maximum atomic E-state index is 14.2. The Morgan fingerprint density at radius 1 is 1.30 bits per heavy atom. The number of aryl methyl sites for hydroxylation is 1. The van der Waals surface area contributed by atoms with Crippen LogP contribution in [0.4, 0.5) is 17.6 Å². The molecule has 1 heterocycles. The molecule has 0 amide bonds. The summed E-state index contributed by atoms with van der Waals surface area (Å²) >= 11 is -0.504. The number of H-pyrrole nitrogens is 1. The van der Waals surface area contributed by atoms with E-state index in [-0.39, 0.29) is 17.9 Å². The average Bonchev–Trinajstić information content (AvgIpc) is 2.50. The van der Waals surface area contributed by atoms with E-state index in [9.17, 15) is 27.2 Å². The molecular formula is C18H16F4N2O2S. The van der Waals surface area contributed by atoms with Crippen molar-refractivity contribution in [1.29, 1.82) is 0 Å². The van der Waals surface area contributed by atoms with Crippen LogP contribution in [0.15, 0.2) is 34.0 Å². The van der Waals surface area contributed by atoms with Gasteiger partial charge in [-0.2, -0.15) is 13.2 Å². The predicted molar refractivity (Wildman–Crippen MR) is 92.4 cm³/mol. The number of thioether (sulfide) groups is 1. The number of aromatic nitrogens is 2. The quantitative estimate of drug-likeness (QED) is 0.455. The smallest absolute Gasteiger partial charge is 0.311 e. The minimum atomic E-state index is -4.57. The first-order valence-electron chi connectivity index (χ1n) is 8.25. The standard InChI is InChI=1S/C18H16F4N2O2S/c1-10-23-13(8-16(26)24-10)14(25)9-17(5-2-6-17)11-3-4-15(12(19)7-11)27-18(20,21)22/h3-4,7-8H,2,5-6,9H2,1H3,(H,23,24,26). The highest BCUT2D eigenvalue weighted by Gasteiger charge is 2.41. The van der Waals surface area contributed by atoms with E-state index in [2.05, 4.69) is 9.97 Å². The third kappa shape index (κ3) is 4.40. The van der Waals surface area contributed by atoms with Crippen LogP contribution in [0.25, 0.3) is 0 Å². The van der Waals surface area contributed by atoms with Crippen molar-refractivity contribution < 1.29 is 22.4 Å². The van der Waals surface area contributed by atoms with Crippen molar-refractivity contribution in [2.75, 3.05) is 0 Å². The van der Waals surface area contributed by atoms with Crippen LogP contribution in [-0.4, -0.2) is 21.3 Å². The van der Waals surface area contributed by atoms with Gasteiger partial charge in [0, 0.05) is 17.9 Å². The predicted octanol–water partition coefficient (Wildman–Crippen LogP) is 4.52. The SMILES string of the molecule is Cc1nc(C(=O)CC2(c3ccc(SC(F)(F)F)c(F)c3)CCC2)cc(=O)[nH]1. The molecule has 0 spiro atoms. The third-order valence-corrected chi connectivity index (χ3v) is 5.51. The van der Waals surface area contributed by atoms with Crippen LogP contribution in [0, 0.1) is 12.7 Å². The Kier molecular flexibility index (Phi) is 5.16. The van der Waals surface area contributed by atoms with Crippen LogP contribution in [0.3, 0.4) is 0 Å². The van der Waals surface area contributed by atoms with Gasteiger partial charge in [-0.25, -0.2) is 9.37 Å². The molecule has 2 aromatic rings. The van der Waals surface area contributed by atoms with Crippen LogP contribution >= 0.6 is 11.8 Å². The second kappa shape index (κ2) is 7.10. The van der Waals surface area contributed by atoms with Gasteiger partial charge in [0.1, 0.15) is 17.3 Å². The first-order chi connectivity index (χ1) is 12.6. The Morgan fingerprint density at radius 3 is 2.52 bits per heavy atom. The lowest BCUT2D eigenvalue weighted by atomic mass is 9.61. The van der Waals surface area contributed by atoms with E-state index in [4.69, 9.17) is 0 Å². The van der Waals surface area contributed by atoms with Crippen molar-refractivity contribution in [3.05, 3.63) is 57.5 Å². The van der Waals surface area contributed by atoms with Crippen molar-refractivity contribution in [2.45, 2.75) is 48.4 Å². The summed E-state index contributed by atoms with van der Waals surface area (Å²) in [6.07, 6.45) is 2.09. The molecule has 1 aliphatic rings. The number of rotatable bonds is 5. The highest BCUT2D eigenvalue weighted by atomic mass is 32.2. The van der Waals surface area contributed by atoms with Crippen molar-refractivity contribution >= 4 is 17.5 Å². The maximum Gasteiger partial charge on any atom is 0.446 e. The number of nitrogens with zero attached hydrogens (tertiary/aromatic N) is 1. The van der Waals surface area contributed by atoms with E-state index in [1.165, 1.54) is 6.07 Å². The van der Waals surface area contributed by atoms with Crippen LogP contribution < -0.4 is 5.56 Å². The molecule has 3 rings (SSSR count). The fourth-order valence-corrected chi connectivity index (χ4v) is 3.87. The molecule has 0 unspecified atom stereocenters. The summed E-state index contributed by atoms with van der Waals surface area (Å²) in [5.41, 5.74) is -5.12. The normalized spacial score (nSPS) is 16.0. The summed E-state index contributed by atoms with van der Waals surface area (Å²) in [4.78, 5) is 30.1. The Balaban J connectivity index is 1.86. The number of carbonyl (C=O) groups excluding carboxylic acids is 1. The lowest BCUT2D eigenvalue weighted by molar-refractivity contribution is -0.0329. The number of nitrogens with one attached hydrogen (secondary N) is 1. The first kappa shape index (κ1) is 19.6. The largest absolute Gasteiger partial charge is 0.446 e. The van der Waals surface area contributed by atoms with Crippen LogP contribution in [0.5, 0.6) is 0 Å². The van der Waals surface area contributed by atoms with E-state index in [1.807, 2.05) is 0 Å². The summed E-state index contributed by atoms with van der Waals surface area (Å²) in [7, 11) is 0. The molecular weight excluding hydrogens is 384 g/mol. The van der Waals surface area contributed by atoms with E-state index in [0.29, 0.717) is 24.2 Å². The number of Topliss-reactive ketones (excluding diaryl/α,β-unsaturated/α-hetero) is 1. The minimum Gasteiger partial charge on any atom is -0.311 e. The molecule has 1 N–H and O–H groups in total. The van der Waals surface area contributed by atoms with Gasteiger partial charge in [0.15, 0.2) is 5.78 Å². The maximum absolute atomic E-state index is 14.2. The zero-order valence-corrected chi connectivity index (χ0v) is 15.1. The summed E-state index contributed by atoms with van der Waals surface area (Å²) in [6, 6.07) is 4.74. The number of aromatic amines is 1. The first-order valence-corrected chi connectivity index (χ1v) is 9.07. The zero-order valence-electron chi connectivity index (χ0n) is 14.3. The van der Waals surface area contributed by atoms with Gasteiger partial charge in [-0.15, -0.1) is 0 Å². The van der Waals surface area contributed by atoms with Crippen LogP contribution in [0.2, 0.25) is 0 Å². The van der Waals surface area contributed by atoms with Gasteiger partial charge < -0.3 is 4.98 Å². The van der Waals surface area contributed by atoms with Gasteiger partial charge in [-0.3, -0.25) is 9.59 Å². The summed E-state index contributed by atoms with van der Waals surface area (Å²) in [6.45, 7) is 1.56. The molecule has 144 valence electrons. The Hall–Kier alpha value is -2.16. The molecule has 4 nitrogen and oxygen atoms in total. The number of benzene rings is 1. The molecule has 27 heavy (non-hydrogen) atoms. The number of hydrogen-bond acceptors (Lipinski definition) is 4. The number of carbonyl (C=O) groups is 1. The molecule has 1 saturated carbocycles. The zero-order chi connectivity index (χ0) is 19.8. The number of halogens is 4. The molecule has 1 aromatic heterocycles. The number of alkyl halides is 3. The number of ketones is 1. The van der Waals surface area contributed by atoms with Gasteiger partial charge in [-0.1, -0.05) is 12.5 Å². The Labute approximate surface area is 156 Å². The fourth-order valence-electron chi connectivity index (χ4n) is 3.33. The molecule has 0 aliphatic heterocycles. The van der Waals surface area contributed by atoms with Crippen molar-refractivity contribution in [2.24, 2.45) is 0 Å². The molecule has 0 saturated heterocycles. The Bertz CT molecular complexity index is 936. The fraction of sp³-hybridized carbons (Fsp3) is 0.389. The van der Waals surface area contributed by atoms with Crippen molar-refractivity contribution in [3.8, 4) is 0 Å². The molecule has 1 aliphatic carbocycles. The second-order valence-electron chi connectivity index (χ2n) is 6.64.